The molecule has 6 heteroatoms. The summed E-state index contributed by atoms with van der Waals surface area (Å²) in [7, 11) is 3.73. The smallest absolute Gasteiger partial charge is 0.137 e. The fourth-order valence-electron chi connectivity index (χ4n) is 3.97. The molecule has 3 heterocycles. The van der Waals surface area contributed by atoms with Crippen LogP contribution >= 0.6 is 0 Å². The number of ether oxygens (including phenoxy) is 3. The second kappa shape index (κ2) is 7.68. The SMILES string of the molecule is COc1ccc2c(c1)C(NC[C@@H]1CCO[C@H]1c1nccn1C)CCCO2. The number of hydrogen-bond acceptors (Lipinski definition) is 5. The predicted octanol–water partition coefficient (Wildman–Crippen LogP) is 3.01. The molecule has 6 nitrogen and oxygen atoms in total. The Balaban J connectivity index is 1.48. The van der Waals surface area contributed by atoms with Gasteiger partial charge in [-0.1, -0.05) is 0 Å². The lowest BCUT2D eigenvalue weighted by molar-refractivity contribution is 0.0803. The molecule has 0 spiro atoms. The highest BCUT2D eigenvalue weighted by molar-refractivity contribution is 5.42. The van der Waals surface area contributed by atoms with Gasteiger partial charge in [-0.25, -0.2) is 4.98 Å². The van der Waals surface area contributed by atoms with Crippen LogP contribution in [0.1, 0.15) is 42.8 Å². The first kappa shape index (κ1) is 17.4. The molecule has 0 aliphatic carbocycles. The Morgan fingerprint density at radius 3 is 3.04 bits per heavy atom. The van der Waals surface area contributed by atoms with E-state index in [1.807, 2.05) is 31.6 Å². The normalized spacial score (nSPS) is 25.4. The standard InChI is InChI=1S/C20H27N3O3/c1-23-9-8-21-20(23)19-14(7-11-26-19)13-22-17-4-3-10-25-18-6-5-15(24-2)12-16(17)18/h5-6,8-9,12,14,17,19,22H,3-4,7,10-11,13H2,1-2H3/t14-,17?,19+/m0/s1. The predicted molar refractivity (Wildman–Crippen MR) is 98.5 cm³/mol. The number of rotatable bonds is 5. The van der Waals surface area contributed by atoms with Gasteiger partial charge in [0.15, 0.2) is 0 Å². The first-order valence-corrected chi connectivity index (χ1v) is 9.39. The van der Waals surface area contributed by atoms with E-state index in [-0.39, 0.29) is 12.1 Å². The summed E-state index contributed by atoms with van der Waals surface area (Å²) in [6.07, 6.45) is 7.03. The minimum absolute atomic E-state index is 0.0642. The van der Waals surface area contributed by atoms with E-state index in [4.69, 9.17) is 14.2 Å². The van der Waals surface area contributed by atoms with Crippen molar-refractivity contribution in [2.24, 2.45) is 13.0 Å². The molecule has 1 N–H and O–H groups in total. The van der Waals surface area contributed by atoms with Gasteiger partial charge in [0.2, 0.25) is 0 Å². The summed E-state index contributed by atoms with van der Waals surface area (Å²) in [5.74, 6) is 3.27. The van der Waals surface area contributed by atoms with Crippen molar-refractivity contribution in [1.82, 2.24) is 14.9 Å². The number of nitrogens with one attached hydrogen (secondary N) is 1. The van der Waals surface area contributed by atoms with Crippen LogP contribution in [0.2, 0.25) is 0 Å². The van der Waals surface area contributed by atoms with Gasteiger partial charge in [-0.3, -0.25) is 0 Å². The largest absolute Gasteiger partial charge is 0.497 e. The number of imidazole rings is 1. The topological polar surface area (TPSA) is 57.5 Å². The van der Waals surface area contributed by atoms with Gasteiger partial charge in [0.05, 0.1) is 13.7 Å². The Morgan fingerprint density at radius 2 is 2.23 bits per heavy atom. The number of fused-ring (bicyclic) bond motifs is 1. The first-order valence-electron chi connectivity index (χ1n) is 9.39. The third kappa shape index (κ3) is 3.44. The zero-order chi connectivity index (χ0) is 17.9. The molecule has 140 valence electrons. The third-order valence-electron chi connectivity index (χ3n) is 5.44. The summed E-state index contributed by atoms with van der Waals surface area (Å²) < 4.78 is 19.4. The van der Waals surface area contributed by atoms with E-state index in [1.165, 1.54) is 5.56 Å². The molecule has 1 saturated heterocycles. The second-order valence-corrected chi connectivity index (χ2v) is 7.09. The number of benzene rings is 1. The Hall–Kier alpha value is -2.05. The van der Waals surface area contributed by atoms with Gasteiger partial charge < -0.3 is 24.1 Å². The van der Waals surface area contributed by atoms with E-state index in [0.717, 1.165) is 56.3 Å². The molecule has 0 bridgehead atoms. The van der Waals surface area contributed by atoms with E-state index >= 15 is 0 Å². The summed E-state index contributed by atoms with van der Waals surface area (Å²) in [6, 6.07) is 6.34. The third-order valence-corrected chi connectivity index (χ3v) is 5.44. The summed E-state index contributed by atoms with van der Waals surface area (Å²) >= 11 is 0. The maximum atomic E-state index is 5.99. The van der Waals surface area contributed by atoms with Gasteiger partial charge in [-0.05, 0) is 37.5 Å². The van der Waals surface area contributed by atoms with Crippen LogP contribution in [0.25, 0.3) is 0 Å². The van der Waals surface area contributed by atoms with Crippen LogP contribution < -0.4 is 14.8 Å². The van der Waals surface area contributed by atoms with Gasteiger partial charge in [-0.15, -0.1) is 0 Å². The van der Waals surface area contributed by atoms with Gasteiger partial charge in [0.1, 0.15) is 23.4 Å². The maximum absolute atomic E-state index is 5.99. The van der Waals surface area contributed by atoms with Crippen LogP contribution in [0.15, 0.2) is 30.6 Å². The Morgan fingerprint density at radius 1 is 1.31 bits per heavy atom. The monoisotopic (exact) mass is 357 g/mol. The molecule has 4 rings (SSSR count). The van der Waals surface area contributed by atoms with E-state index in [2.05, 4.69) is 20.9 Å². The van der Waals surface area contributed by atoms with Gasteiger partial charge in [0.25, 0.3) is 0 Å². The van der Waals surface area contributed by atoms with E-state index < -0.39 is 0 Å². The molecule has 1 unspecified atom stereocenters. The van der Waals surface area contributed by atoms with Gasteiger partial charge >= 0.3 is 0 Å². The van der Waals surface area contributed by atoms with Crippen LogP contribution in [0.4, 0.5) is 0 Å². The average molecular weight is 357 g/mol. The molecule has 1 aromatic heterocycles. The summed E-state index contributed by atoms with van der Waals surface area (Å²) in [6.45, 7) is 2.46. The maximum Gasteiger partial charge on any atom is 0.137 e. The highest BCUT2D eigenvalue weighted by atomic mass is 16.5. The van der Waals surface area contributed by atoms with Crippen LogP contribution in [0.5, 0.6) is 11.5 Å². The van der Waals surface area contributed by atoms with Crippen molar-refractivity contribution in [3.63, 3.8) is 0 Å². The molecule has 3 atom stereocenters. The molecular weight excluding hydrogens is 330 g/mol. The van der Waals surface area contributed by atoms with Crippen LogP contribution in [-0.4, -0.2) is 36.4 Å². The van der Waals surface area contributed by atoms with Crippen molar-refractivity contribution in [1.29, 1.82) is 0 Å². The molecule has 0 radical (unpaired) electrons. The van der Waals surface area contributed by atoms with Crippen molar-refractivity contribution in [2.75, 3.05) is 26.9 Å². The van der Waals surface area contributed by atoms with Crippen molar-refractivity contribution >= 4 is 0 Å². The van der Waals surface area contributed by atoms with E-state index in [1.54, 1.807) is 7.11 Å². The molecule has 2 aliphatic heterocycles. The van der Waals surface area contributed by atoms with E-state index in [0.29, 0.717) is 5.92 Å². The fourth-order valence-corrected chi connectivity index (χ4v) is 3.97. The fraction of sp³-hybridized carbons (Fsp3) is 0.550. The van der Waals surface area contributed by atoms with Crippen molar-refractivity contribution in [3.8, 4) is 11.5 Å². The minimum atomic E-state index is 0.0642. The molecule has 0 amide bonds. The Labute approximate surface area is 154 Å². The lowest BCUT2D eigenvalue weighted by Gasteiger charge is -2.23. The number of aryl methyl sites for hydroxylation is 1. The molecule has 26 heavy (non-hydrogen) atoms. The number of aromatic nitrogens is 2. The van der Waals surface area contributed by atoms with Crippen molar-refractivity contribution in [2.45, 2.75) is 31.4 Å². The number of methoxy groups -OCH3 is 1. The summed E-state index contributed by atoms with van der Waals surface area (Å²) in [5, 5.41) is 3.77. The molecule has 0 saturated carbocycles. The average Bonchev–Trinajstić information content (AvgIpc) is 3.24. The highest BCUT2D eigenvalue weighted by Gasteiger charge is 2.33. The molecule has 2 aliphatic rings. The zero-order valence-electron chi connectivity index (χ0n) is 15.5. The number of nitrogens with zero attached hydrogens (tertiary/aromatic N) is 2. The van der Waals surface area contributed by atoms with Crippen LogP contribution in [0, 0.1) is 5.92 Å². The quantitative estimate of drug-likeness (QED) is 0.891. The lowest BCUT2D eigenvalue weighted by Crippen LogP contribution is -2.29. The lowest BCUT2D eigenvalue weighted by atomic mass is 9.97. The Bertz CT molecular complexity index is 746. The van der Waals surface area contributed by atoms with Crippen LogP contribution in [-0.2, 0) is 11.8 Å². The van der Waals surface area contributed by atoms with Crippen molar-refractivity contribution < 1.29 is 14.2 Å². The first-order chi connectivity index (χ1) is 12.8. The van der Waals surface area contributed by atoms with E-state index in [9.17, 15) is 0 Å². The van der Waals surface area contributed by atoms with Gasteiger partial charge in [0, 0.05) is 50.1 Å². The summed E-state index contributed by atoms with van der Waals surface area (Å²) in [5.41, 5.74) is 1.19. The molecule has 2 aromatic rings. The highest BCUT2D eigenvalue weighted by Crippen LogP contribution is 2.36. The Kier molecular flexibility index (Phi) is 5.13. The molecular formula is C20H27N3O3. The molecule has 1 aromatic carbocycles. The minimum Gasteiger partial charge on any atom is -0.497 e. The summed E-state index contributed by atoms with van der Waals surface area (Å²) in [4.78, 5) is 4.49. The van der Waals surface area contributed by atoms with Crippen molar-refractivity contribution in [3.05, 3.63) is 42.0 Å². The zero-order valence-corrected chi connectivity index (χ0v) is 15.5. The molecule has 1 fully saturated rings. The second-order valence-electron chi connectivity index (χ2n) is 7.09. The van der Waals surface area contributed by atoms with Crippen LogP contribution in [0.3, 0.4) is 0 Å². The number of hydrogen-bond donors (Lipinski definition) is 1. The van der Waals surface area contributed by atoms with Gasteiger partial charge in [-0.2, -0.15) is 0 Å².